The molecular weight excluding hydrogens is 490 g/mol. The molecule has 2 amide bonds. The van der Waals surface area contributed by atoms with Gasteiger partial charge in [0.2, 0.25) is 5.69 Å². The molecule has 2 N–H and O–H groups in total. The van der Waals surface area contributed by atoms with Crippen LogP contribution in [0.5, 0.6) is 17.2 Å². The van der Waals surface area contributed by atoms with Gasteiger partial charge in [0, 0.05) is 30.2 Å². The molecule has 0 atom stereocenters. The first-order chi connectivity index (χ1) is 18.1. The van der Waals surface area contributed by atoms with Crippen LogP contribution in [0.1, 0.15) is 38.5 Å². The van der Waals surface area contributed by atoms with Crippen molar-refractivity contribution in [3.63, 3.8) is 0 Å². The largest absolute Gasteiger partial charge is 0.504 e. The van der Waals surface area contributed by atoms with E-state index in [0.29, 0.717) is 51.2 Å². The number of nitrogens with zero attached hydrogens (tertiary/aromatic N) is 3. The first-order valence-electron chi connectivity index (χ1n) is 12.8. The molecule has 2 heterocycles. The monoisotopic (exact) mass is 519 g/mol. The number of hydrogen-bond donors (Lipinski definition) is 2. The Bertz CT molecular complexity index is 1320. The lowest BCUT2D eigenvalue weighted by molar-refractivity contribution is 0.205. The molecule has 1 saturated heterocycles. The number of carbonyl (C=O) groups excluding carboxylic acids is 1. The SMILES string of the molecule is [C-]#[N+]c1cc2c(Oc3ccc(NC(=O)NC4CC4)c(Cl)c3)ccnc2cc1OCCCN1CCCCC1. The lowest BCUT2D eigenvalue weighted by Gasteiger charge is -2.26. The summed E-state index contributed by atoms with van der Waals surface area (Å²) in [4.78, 5) is 22.6. The number of rotatable bonds is 9. The van der Waals surface area contributed by atoms with Crippen molar-refractivity contribution in [3.8, 4) is 17.2 Å². The van der Waals surface area contributed by atoms with E-state index in [1.54, 1.807) is 42.6 Å². The van der Waals surface area contributed by atoms with Gasteiger partial charge in [-0.05, 0) is 75.5 Å². The summed E-state index contributed by atoms with van der Waals surface area (Å²) in [6.45, 7) is 11.6. The third-order valence-electron chi connectivity index (χ3n) is 6.56. The molecule has 2 aromatic carbocycles. The van der Waals surface area contributed by atoms with E-state index in [4.69, 9.17) is 27.6 Å². The topological polar surface area (TPSA) is 80.1 Å². The minimum Gasteiger partial charge on any atom is -0.504 e. The van der Waals surface area contributed by atoms with E-state index >= 15 is 0 Å². The molecule has 0 unspecified atom stereocenters. The number of piperidine rings is 1. The summed E-state index contributed by atoms with van der Waals surface area (Å²) in [5.74, 6) is 1.59. The minimum absolute atomic E-state index is 0.257. The van der Waals surface area contributed by atoms with Crippen LogP contribution in [-0.4, -0.2) is 48.2 Å². The van der Waals surface area contributed by atoms with Gasteiger partial charge in [-0.15, -0.1) is 0 Å². The average molecular weight is 520 g/mol. The lowest BCUT2D eigenvalue weighted by atomic mass is 10.1. The van der Waals surface area contributed by atoms with Gasteiger partial charge >= 0.3 is 6.03 Å². The highest BCUT2D eigenvalue weighted by Crippen LogP contribution is 2.38. The molecular formula is C28H30ClN5O3. The summed E-state index contributed by atoms with van der Waals surface area (Å²) in [6, 6.07) is 10.4. The maximum absolute atomic E-state index is 12.0. The lowest BCUT2D eigenvalue weighted by Crippen LogP contribution is -2.31. The van der Waals surface area contributed by atoms with Gasteiger partial charge in [0.05, 0.1) is 29.4 Å². The molecule has 1 aliphatic heterocycles. The summed E-state index contributed by atoms with van der Waals surface area (Å²) in [7, 11) is 0. The summed E-state index contributed by atoms with van der Waals surface area (Å²) in [5, 5.41) is 6.70. The highest BCUT2D eigenvalue weighted by Gasteiger charge is 2.23. The highest BCUT2D eigenvalue weighted by atomic mass is 35.5. The van der Waals surface area contributed by atoms with E-state index in [9.17, 15) is 4.79 Å². The number of halogens is 1. The van der Waals surface area contributed by atoms with Crippen molar-refractivity contribution < 1.29 is 14.3 Å². The number of nitrogens with one attached hydrogen (secondary N) is 2. The first-order valence-corrected chi connectivity index (χ1v) is 13.2. The fourth-order valence-electron chi connectivity index (χ4n) is 4.44. The Balaban J connectivity index is 1.26. The quantitative estimate of drug-likeness (QED) is 0.241. The van der Waals surface area contributed by atoms with Crippen molar-refractivity contribution in [2.45, 2.75) is 44.6 Å². The van der Waals surface area contributed by atoms with E-state index < -0.39 is 0 Å². The van der Waals surface area contributed by atoms with E-state index in [2.05, 4.69) is 25.4 Å². The Morgan fingerprint density at radius 3 is 2.73 bits per heavy atom. The number of pyridine rings is 1. The maximum atomic E-state index is 12.0. The van der Waals surface area contributed by atoms with Crippen molar-refractivity contribution in [2.75, 3.05) is 31.6 Å². The van der Waals surface area contributed by atoms with Crippen molar-refractivity contribution >= 4 is 39.9 Å². The molecule has 9 heteroatoms. The normalized spacial score (nSPS) is 15.7. The van der Waals surface area contributed by atoms with Crippen LogP contribution in [0.4, 0.5) is 16.2 Å². The predicted octanol–water partition coefficient (Wildman–Crippen LogP) is 6.77. The molecule has 1 aromatic heterocycles. The molecule has 8 nitrogen and oxygen atoms in total. The number of hydrogen-bond acceptors (Lipinski definition) is 5. The number of fused-ring (bicyclic) bond motifs is 1. The van der Waals surface area contributed by atoms with E-state index in [1.807, 2.05) is 0 Å². The Morgan fingerprint density at radius 1 is 1.14 bits per heavy atom. The van der Waals surface area contributed by atoms with Gasteiger partial charge in [0.1, 0.15) is 17.2 Å². The molecule has 192 valence electrons. The van der Waals surface area contributed by atoms with Crippen molar-refractivity contribution in [1.82, 2.24) is 15.2 Å². The molecule has 1 aliphatic carbocycles. The molecule has 2 fully saturated rings. The van der Waals surface area contributed by atoms with E-state index in [-0.39, 0.29) is 12.1 Å². The number of carbonyl (C=O) groups is 1. The number of amides is 2. The van der Waals surface area contributed by atoms with Gasteiger partial charge in [0.25, 0.3) is 0 Å². The van der Waals surface area contributed by atoms with Gasteiger partial charge in [-0.1, -0.05) is 18.0 Å². The Hall–Kier alpha value is -3.54. The van der Waals surface area contributed by atoms with Gasteiger partial charge in [0.15, 0.2) is 0 Å². The second-order valence-electron chi connectivity index (χ2n) is 9.48. The number of likely N-dealkylation sites (tertiary alicyclic amines) is 1. The minimum atomic E-state index is -0.269. The van der Waals surface area contributed by atoms with E-state index in [0.717, 1.165) is 38.9 Å². The summed E-state index contributed by atoms with van der Waals surface area (Å²) < 4.78 is 12.1. The third kappa shape index (κ3) is 6.62. The molecule has 5 rings (SSSR count). The van der Waals surface area contributed by atoms with E-state index in [1.165, 1.54) is 19.3 Å². The summed E-state index contributed by atoms with van der Waals surface area (Å²) in [6.07, 6.45) is 8.47. The Morgan fingerprint density at radius 2 is 1.97 bits per heavy atom. The number of benzene rings is 2. The number of aromatic nitrogens is 1. The number of ether oxygens (including phenoxy) is 2. The van der Waals surface area contributed by atoms with Crippen LogP contribution in [0.3, 0.4) is 0 Å². The maximum Gasteiger partial charge on any atom is 0.319 e. The Kier molecular flexibility index (Phi) is 7.93. The zero-order valence-electron chi connectivity index (χ0n) is 20.6. The van der Waals surface area contributed by atoms with Crippen molar-refractivity contribution in [3.05, 3.63) is 59.0 Å². The van der Waals surface area contributed by atoms with Crippen molar-refractivity contribution in [2.24, 2.45) is 0 Å². The summed E-state index contributed by atoms with van der Waals surface area (Å²) >= 11 is 6.39. The number of anilines is 1. The molecule has 1 saturated carbocycles. The fourth-order valence-corrected chi connectivity index (χ4v) is 4.66. The second kappa shape index (κ2) is 11.7. The standard InChI is InChI=1S/C28H30ClN5O3/c1-30-25-17-21-24(18-27(25)36-15-5-14-34-12-3-2-4-13-34)31-11-10-26(21)37-20-8-9-23(22(29)16-20)33-28(35)32-19-6-7-19/h8-11,16-19H,2-7,12-15H2,(H2,32,33,35). The van der Waals surface area contributed by atoms with Crippen LogP contribution in [0, 0.1) is 6.57 Å². The van der Waals surface area contributed by atoms with Crippen LogP contribution in [-0.2, 0) is 0 Å². The predicted molar refractivity (Wildman–Crippen MR) is 145 cm³/mol. The van der Waals surface area contributed by atoms with Gasteiger partial charge in [-0.2, -0.15) is 0 Å². The second-order valence-corrected chi connectivity index (χ2v) is 9.89. The van der Waals surface area contributed by atoms with Crippen LogP contribution in [0.25, 0.3) is 15.7 Å². The molecule has 3 aromatic rings. The molecule has 2 aliphatic rings. The highest BCUT2D eigenvalue weighted by molar-refractivity contribution is 6.33. The van der Waals surface area contributed by atoms with Gasteiger partial charge < -0.3 is 25.0 Å². The van der Waals surface area contributed by atoms with Gasteiger partial charge in [-0.3, -0.25) is 4.98 Å². The van der Waals surface area contributed by atoms with Crippen LogP contribution < -0.4 is 20.1 Å². The average Bonchev–Trinajstić information content (AvgIpc) is 3.72. The summed E-state index contributed by atoms with van der Waals surface area (Å²) in [5.41, 5.74) is 1.60. The van der Waals surface area contributed by atoms with Crippen LogP contribution in [0.15, 0.2) is 42.6 Å². The van der Waals surface area contributed by atoms with Crippen LogP contribution in [0.2, 0.25) is 5.02 Å². The van der Waals surface area contributed by atoms with Gasteiger partial charge in [-0.25, -0.2) is 9.64 Å². The zero-order chi connectivity index (χ0) is 25.6. The first kappa shape index (κ1) is 25.1. The fraction of sp³-hybridized carbons (Fsp3) is 0.393. The van der Waals surface area contributed by atoms with Crippen LogP contribution >= 0.6 is 11.6 Å². The molecule has 0 spiro atoms. The molecule has 0 radical (unpaired) electrons. The molecule has 0 bridgehead atoms. The zero-order valence-corrected chi connectivity index (χ0v) is 21.4. The smallest absolute Gasteiger partial charge is 0.319 e. The number of urea groups is 1. The molecule has 37 heavy (non-hydrogen) atoms. The third-order valence-corrected chi connectivity index (χ3v) is 6.87. The Labute approximate surface area is 221 Å². The van der Waals surface area contributed by atoms with Crippen molar-refractivity contribution in [1.29, 1.82) is 0 Å².